The van der Waals surface area contributed by atoms with Gasteiger partial charge in [-0.25, -0.2) is 9.97 Å². The molecule has 0 saturated carbocycles. The number of halogens is 3. The van der Waals surface area contributed by atoms with Crippen molar-refractivity contribution < 1.29 is 13.2 Å². The van der Waals surface area contributed by atoms with Gasteiger partial charge in [0, 0.05) is 21.5 Å². The molecule has 0 aliphatic carbocycles. The van der Waals surface area contributed by atoms with Crippen molar-refractivity contribution in [2.24, 2.45) is 9.98 Å². The molecule has 1 aromatic heterocycles. The number of nitrogens with zero attached hydrogens (tertiary/aromatic N) is 8. The molecule has 0 unspecified atom stereocenters. The summed E-state index contributed by atoms with van der Waals surface area (Å²) < 4.78 is 42.1. The number of aryl methyl sites for hydroxylation is 1. The second kappa shape index (κ2) is 10.6. The zero-order valence-corrected chi connectivity index (χ0v) is 24.1. The van der Waals surface area contributed by atoms with E-state index in [0.29, 0.717) is 49.0 Å². The van der Waals surface area contributed by atoms with E-state index in [1.54, 1.807) is 30.5 Å². The van der Waals surface area contributed by atoms with Crippen LogP contribution in [-0.2, 0) is 6.18 Å². The molecule has 0 atom stereocenters. The first-order chi connectivity index (χ1) is 22.7. The molecule has 0 radical (unpaired) electrons. The second-order valence-corrected chi connectivity index (χ2v) is 10.8. The Balaban J connectivity index is 1.51. The Morgan fingerprint density at radius 1 is 0.574 bits per heavy atom. The highest BCUT2D eigenvalue weighted by molar-refractivity contribution is 6.15. The lowest BCUT2D eigenvalue weighted by Gasteiger charge is -2.13. The smallest absolute Gasteiger partial charge is 0.241 e. The van der Waals surface area contributed by atoms with E-state index in [9.17, 15) is 34.2 Å². The van der Waals surface area contributed by atoms with Gasteiger partial charge in [0.2, 0.25) is 12.4 Å². The first-order valence-electron chi connectivity index (χ1n) is 14.0. The lowest BCUT2D eigenvalue weighted by Crippen LogP contribution is -2.08. The van der Waals surface area contributed by atoms with Crippen LogP contribution in [0.4, 0.5) is 13.2 Å². The summed E-state index contributed by atoms with van der Waals surface area (Å²) in [6, 6.07) is 22.8. The molecule has 0 bridgehead atoms. The van der Waals surface area contributed by atoms with Gasteiger partial charge in [-0.15, -0.1) is 0 Å². The number of fused-ring (bicyclic) bond motifs is 6. The predicted octanol–water partition coefficient (Wildman–Crippen LogP) is 7.13. The van der Waals surface area contributed by atoms with Gasteiger partial charge >= 0.3 is 6.18 Å². The fourth-order valence-electron chi connectivity index (χ4n) is 6.11. The van der Waals surface area contributed by atoms with E-state index in [4.69, 9.17) is 9.97 Å². The lowest BCUT2D eigenvalue weighted by atomic mass is 9.96. The normalized spacial score (nSPS) is 12.4. The fourth-order valence-corrected chi connectivity index (χ4v) is 6.11. The average Bonchev–Trinajstić information content (AvgIpc) is 3.53. The monoisotopic (exact) mass is 616 g/mol. The van der Waals surface area contributed by atoms with Crippen molar-refractivity contribution in [3.8, 4) is 46.8 Å². The molecule has 0 fully saturated rings. The molecule has 47 heavy (non-hydrogen) atoms. The molecular weight excluding hydrogens is 601 g/mol. The van der Waals surface area contributed by atoms with Gasteiger partial charge in [-0.1, -0.05) is 36.4 Å². The summed E-state index contributed by atoms with van der Waals surface area (Å²) in [5, 5.41) is 40.2. The highest BCUT2D eigenvalue weighted by atomic mass is 19.4. The molecule has 0 amide bonds. The highest BCUT2D eigenvalue weighted by Crippen LogP contribution is 2.39. The van der Waals surface area contributed by atoms with Gasteiger partial charge in [-0.3, -0.25) is 0 Å². The minimum Gasteiger partial charge on any atom is -0.241 e. The van der Waals surface area contributed by atoms with Gasteiger partial charge in [0.05, 0.1) is 39.9 Å². The summed E-state index contributed by atoms with van der Waals surface area (Å²) in [6.45, 7) is 1.90. The van der Waals surface area contributed by atoms with Crippen LogP contribution >= 0.6 is 0 Å². The maximum Gasteiger partial charge on any atom is 0.417 e. The zero-order chi connectivity index (χ0) is 33.0. The van der Waals surface area contributed by atoms with Gasteiger partial charge in [0.1, 0.15) is 21.7 Å². The van der Waals surface area contributed by atoms with Crippen molar-refractivity contribution in [3.63, 3.8) is 0 Å². The van der Waals surface area contributed by atoms with Crippen molar-refractivity contribution in [1.82, 2.24) is 9.97 Å². The van der Waals surface area contributed by atoms with Crippen molar-refractivity contribution >= 4 is 43.6 Å². The summed E-state index contributed by atoms with van der Waals surface area (Å²) in [6.07, 6.45) is -1.10. The standard InChI is InChI=1S/C36H15F3N8/c1-18-10-19(14-40)2-6-23(18)21-4-8-25-27(12-21)30(44-16-42)34-32(25)46-35-31(45-17-43)28-13-22(5-9-26(28)33(35)47-34)24-7-3-20(15-41)11-29(24)36(37,38)39/h2-13H,1H3/b44-30+,45-31+. The number of benzene rings is 4. The van der Waals surface area contributed by atoms with E-state index < -0.39 is 11.7 Å². The Kier molecular flexibility index (Phi) is 6.49. The SMILES string of the molecule is Cc1cc(C#N)ccc1-c1ccc2c(c1)/c(=N\C#N)c1nc3c(nc12)/c(=N/C#N)c1cc(-c2ccc(C#N)cc2C(F)(F)F)ccc13. The average molecular weight is 617 g/mol. The zero-order valence-electron chi connectivity index (χ0n) is 24.1. The van der Waals surface area contributed by atoms with E-state index in [1.807, 2.05) is 37.4 Å². The van der Waals surface area contributed by atoms with Crippen LogP contribution in [0.15, 0.2) is 82.8 Å². The molecule has 6 aromatic carbocycles. The molecule has 0 saturated heterocycles. The van der Waals surface area contributed by atoms with E-state index in [1.165, 1.54) is 24.3 Å². The third-order valence-electron chi connectivity index (χ3n) is 8.16. The highest BCUT2D eigenvalue weighted by Gasteiger charge is 2.34. The summed E-state index contributed by atoms with van der Waals surface area (Å²) in [4.78, 5) is 17.8. The van der Waals surface area contributed by atoms with Crippen molar-refractivity contribution in [3.05, 3.63) is 106 Å². The van der Waals surface area contributed by atoms with Gasteiger partial charge in [0.25, 0.3) is 0 Å². The quantitative estimate of drug-likeness (QED) is 0.189. The van der Waals surface area contributed by atoms with Crippen LogP contribution in [-0.4, -0.2) is 9.97 Å². The van der Waals surface area contributed by atoms with E-state index in [2.05, 4.69) is 16.1 Å². The molecule has 7 aromatic rings. The van der Waals surface area contributed by atoms with Gasteiger partial charge < -0.3 is 0 Å². The van der Waals surface area contributed by atoms with E-state index in [0.717, 1.165) is 22.8 Å². The topological polar surface area (TPSA) is 146 Å². The maximum atomic E-state index is 14.0. The van der Waals surface area contributed by atoms with Crippen LogP contribution in [0.2, 0.25) is 0 Å². The molecule has 0 aliphatic heterocycles. The summed E-state index contributed by atoms with van der Waals surface area (Å²) in [5.74, 6) is 0. The summed E-state index contributed by atoms with van der Waals surface area (Å²) >= 11 is 0. The van der Waals surface area contributed by atoms with E-state index >= 15 is 0 Å². The van der Waals surface area contributed by atoms with Crippen LogP contribution in [0, 0.1) is 52.5 Å². The Morgan fingerprint density at radius 3 is 1.53 bits per heavy atom. The third-order valence-corrected chi connectivity index (χ3v) is 8.16. The number of hydrogen-bond donors (Lipinski definition) is 0. The van der Waals surface area contributed by atoms with Crippen molar-refractivity contribution in [2.75, 3.05) is 0 Å². The minimum atomic E-state index is -4.72. The van der Waals surface area contributed by atoms with Crippen LogP contribution in [0.3, 0.4) is 0 Å². The molecule has 11 heteroatoms. The van der Waals surface area contributed by atoms with Crippen LogP contribution in [0.5, 0.6) is 0 Å². The maximum absolute atomic E-state index is 14.0. The molecule has 0 N–H and O–H groups in total. The van der Waals surface area contributed by atoms with Gasteiger partial charge in [0.15, 0.2) is 0 Å². The molecule has 1 heterocycles. The lowest BCUT2D eigenvalue weighted by molar-refractivity contribution is -0.137. The number of hydrogen-bond acceptors (Lipinski definition) is 8. The van der Waals surface area contributed by atoms with Crippen molar-refractivity contribution in [1.29, 1.82) is 21.0 Å². The number of rotatable bonds is 2. The second-order valence-electron chi connectivity index (χ2n) is 10.8. The fraction of sp³-hybridized carbons (Fsp3) is 0.0556. The van der Waals surface area contributed by atoms with E-state index in [-0.39, 0.29) is 27.6 Å². The first-order valence-corrected chi connectivity index (χ1v) is 14.0. The largest absolute Gasteiger partial charge is 0.417 e. The Labute approximate surface area is 263 Å². The van der Waals surface area contributed by atoms with Crippen molar-refractivity contribution in [2.45, 2.75) is 13.1 Å². The molecule has 7 rings (SSSR count). The predicted molar refractivity (Wildman–Crippen MR) is 167 cm³/mol. The van der Waals surface area contributed by atoms with Gasteiger partial charge in [-0.2, -0.15) is 44.2 Å². The van der Waals surface area contributed by atoms with Crippen LogP contribution in [0.1, 0.15) is 22.3 Å². The summed E-state index contributed by atoms with van der Waals surface area (Å²) in [5.41, 5.74) is 3.50. The number of alkyl halides is 3. The van der Waals surface area contributed by atoms with Crippen LogP contribution < -0.4 is 10.7 Å². The minimum absolute atomic E-state index is 0.126. The summed E-state index contributed by atoms with van der Waals surface area (Å²) in [7, 11) is 0. The molecule has 0 spiro atoms. The number of nitriles is 4. The Morgan fingerprint density at radius 2 is 1.06 bits per heavy atom. The molecular formula is C36H15F3N8. The first kappa shape index (κ1) is 28.8. The third kappa shape index (κ3) is 4.51. The molecule has 0 aliphatic rings. The Hall–Kier alpha value is -6.95. The molecule has 8 nitrogen and oxygen atoms in total. The van der Waals surface area contributed by atoms with Crippen LogP contribution in [0.25, 0.3) is 65.9 Å². The molecule has 220 valence electrons. The Bertz CT molecular complexity index is 2790. The van der Waals surface area contributed by atoms with Gasteiger partial charge in [-0.05, 0) is 71.1 Å². The number of aromatic nitrogens is 2.